The van der Waals surface area contributed by atoms with Gasteiger partial charge < -0.3 is 34.6 Å². The Morgan fingerprint density at radius 2 is 1.91 bits per heavy atom. The lowest BCUT2D eigenvalue weighted by atomic mass is 10.00. The minimum Gasteiger partial charge on any atom is -0.395 e. The predicted molar refractivity (Wildman–Crippen MR) is 125 cm³/mol. The van der Waals surface area contributed by atoms with Gasteiger partial charge >= 0.3 is 0 Å². The summed E-state index contributed by atoms with van der Waals surface area (Å²) in [7, 11) is 3.22. The summed E-state index contributed by atoms with van der Waals surface area (Å²) in [5.41, 5.74) is 0. The molecule has 1 aliphatic heterocycles. The molecule has 10 heteroatoms. The Hall–Kier alpha value is -1.30. The molecule has 0 bridgehead atoms. The third-order valence-corrected chi connectivity index (χ3v) is 5.97. The first-order valence-corrected chi connectivity index (χ1v) is 11.9. The zero-order chi connectivity index (χ0) is 25.0. The van der Waals surface area contributed by atoms with Crippen LogP contribution in [0.2, 0.25) is 0 Å². The van der Waals surface area contributed by atoms with E-state index in [1.54, 1.807) is 16.8 Å². The van der Waals surface area contributed by atoms with Gasteiger partial charge in [0.15, 0.2) is 0 Å². The lowest BCUT2D eigenvalue weighted by molar-refractivity contribution is -0.142. The smallest absolute Gasteiger partial charge is 0.237 e. The lowest BCUT2D eigenvalue weighted by Gasteiger charge is -2.39. The zero-order valence-electron chi connectivity index (χ0n) is 21.0. The van der Waals surface area contributed by atoms with E-state index < -0.39 is 18.3 Å². The van der Waals surface area contributed by atoms with Crippen LogP contribution in [0.1, 0.15) is 40.0 Å². The molecule has 1 rings (SSSR count). The van der Waals surface area contributed by atoms with Gasteiger partial charge in [-0.05, 0) is 32.2 Å². The van der Waals surface area contributed by atoms with Crippen LogP contribution < -0.4 is 0 Å². The van der Waals surface area contributed by atoms with E-state index in [9.17, 15) is 24.9 Å². The third-order valence-electron chi connectivity index (χ3n) is 5.97. The molecule has 1 heterocycles. The van der Waals surface area contributed by atoms with E-state index >= 15 is 0 Å². The number of amides is 2. The summed E-state index contributed by atoms with van der Waals surface area (Å²) in [4.78, 5) is 31.0. The van der Waals surface area contributed by atoms with Gasteiger partial charge in [0, 0.05) is 52.9 Å². The van der Waals surface area contributed by atoms with Gasteiger partial charge in [-0.2, -0.15) is 0 Å². The Bertz CT molecular complexity index is 578. The van der Waals surface area contributed by atoms with Crippen LogP contribution in [0.25, 0.3) is 0 Å². The van der Waals surface area contributed by atoms with Gasteiger partial charge in [0.1, 0.15) is 18.3 Å². The average Bonchev–Trinajstić information content (AvgIpc) is 2.73. The van der Waals surface area contributed by atoms with Gasteiger partial charge in [-0.1, -0.05) is 13.8 Å². The fourth-order valence-electron chi connectivity index (χ4n) is 4.09. The van der Waals surface area contributed by atoms with Crippen molar-refractivity contribution in [1.82, 2.24) is 14.7 Å². The van der Waals surface area contributed by atoms with Crippen LogP contribution in [-0.4, -0.2) is 133 Å². The van der Waals surface area contributed by atoms with Crippen LogP contribution in [-0.2, 0) is 19.1 Å². The molecule has 2 amide bonds. The first-order chi connectivity index (χ1) is 15.6. The van der Waals surface area contributed by atoms with E-state index in [2.05, 4.69) is 13.8 Å². The summed E-state index contributed by atoms with van der Waals surface area (Å²) in [6, 6.07) is -0.215. The summed E-state index contributed by atoms with van der Waals surface area (Å²) in [5.74, 6) is 0.0506. The fraction of sp³-hybridized carbons (Fsp3) is 0.913. The zero-order valence-corrected chi connectivity index (χ0v) is 21.0. The molecular weight excluding hydrogens is 430 g/mol. The van der Waals surface area contributed by atoms with Gasteiger partial charge in [-0.15, -0.1) is 0 Å². The molecule has 4 atom stereocenters. The minimum absolute atomic E-state index is 0.0265. The Labute approximate surface area is 198 Å². The fourth-order valence-corrected chi connectivity index (χ4v) is 4.09. The number of likely N-dealkylation sites (N-methyl/N-ethyl adjacent to an activating group) is 1. The van der Waals surface area contributed by atoms with E-state index in [0.29, 0.717) is 51.4 Å². The second-order valence-corrected chi connectivity index (χ2v) is 9.37. The van der Waals surface area contributed by atoms with E-state index in [1.807, 2.05) is 4.90 Å². The van der Waals surface area contributed by atoms with Gasteiger partial charge in [0.25, 0.3) is 0 Å². The highest BCUT2D eigenvalue weighted by Crippen LogP contribution is 2.18. The first kappa shape index (κ1) is 29.7. The monoisotopic (exact) mass is 475 g/mol. The normalized spacial score (nSPS) is 26.5. The Kier molecular flexibility index (Phi) is 14.0. The second-order valence-electron chi connectivity index (χ2n) is 9.37. The highest BCUT2D eigenvalue weighted by Gasteiger charge is 2.32. The highest BCUT2D eigenvalue weighted by molar-refractivity contribution is 5.79. The molecular formula is C23H45N3O7. The van der Waals surface area contributed by atoms with Gasteiger partial charge in [-0.3, -0.25) is 14.5 Å². The van der Waals surface area contributed by atoms with Crippen molar-refractivity contribution in [2.24, 2.45) is 5.92 Å². The number of rotatable bonds is 7. The number of hydrogen-bond donors (Lipinski definition) is 3. The van der Waals surface area contributed by atoms with Crippen molar-refractivity contribution in [3.63, 3.8) is 0 Å². The molecule has 33 heavy (non-hydrogen) atoms. The number of carbonyl (C=O) groups is 2. The van der Waals surface area contributed by atoms with Crippen LogP contribution in [0.15, 0.2) is 0 Å². The number of ether oxygens (including phenoxy) is 2. The largest absolute Gasteiger partial charge is 0.395 e. The first-order valence-electron chi connectivity index (χ1n) is 11.9. The molecule has 194 valence electrons. The number of carbonyl (C=O) groups excluding carboxylic acids is 2. The van der Waals surface area contributed by atoms with Crippen molar-refractivity contribution in [1.29, 1.82) is 0 Å². The van der Waals surface area contributed by atoms with Crippen molar-refractivity contribution in [2.75, 3.05) is 66.7 Å². The van der Waals surface area contributed by atoms with Gasteiger partial charge in [0.2, 0.25) is 11.8 Å². The van der Waals surface area contributed by atoms with E-state index in [-0.39, 0.29) is 44.2 Å². The van der Waals surface area contributed by atoms with E-state index in [0.717, 1.165) is 0 Å². The molecule has 0 aromatic heterocycles. The number of hydrogen-bond acceptors (Lipinski definition) is 8. The number of nitrogens with zero attached hydrogens (tertiary/aromatic N) is 3. The Morgan fingerprint density at radius 3 is 2.48 bits per heavy atom. The molecule has 1 fully saturated rings. The minimum atomic E-state index is -1.21. The predicted octanol–water partition coefficient (Wildman–Crippen LogP) is -0.450. The molecule has 0 aliphatic carbocycles. The molecule has 0 aromatic carbocycles. The van der Waals surface area contributed by atoms with E-state index in [4.69, 9.17) is 9.47 Å². The van der Waals surface area contributed by atoms with Gasteiger partial charge in [-0.25, -0.2) is 0 Å². The molecule has 0 unspecified atom stereocenters. The standard InChI is InChI=1S/C23H45N3O7/c1-17(2)12-19-13-25(18(3)28)14-21(32-5)23(31)20(29)16-33-11-7-6-8-26(19)22(30)15-24(4)9-10-27/h17,19-21,23,27,29,31H,6-16H2,1-5H3/t19-,20-,21-,23-/m1/s1. The van der Waals surface area contributed by atoms with Crippen molar-refractivity contribution < 1.29 is 34.4 Å². The maximum atomic E-state index is 13.3. The lowest BCUT2D eigenvalue weighted by Crippen LogP contribution is -2.54. The van der Waals surface area contributed by atoms with Crippen molar-refractivity contribution >= 4 is 11.8 Å². The SMILES string of the molecule is CO[C@@H]1CN(C(C)=O)C[C@@H](CC(C)C)N(C(=O)CN(C)CCO)CCCCOC[C@@H](O)[C@H]1O. The summed E-state index contributed by atoms with van der Waals surface area (Å²) < 4.78 is 10.9. The number of aliphatic hydroxyl groups excluding tert-OH is 3. The number of aliphatic hydroxyl groups is 3. The van der Waals surface area contributed by atoms with E-state index in [1.165, 1.54) is 14.0 Å². The maximum absolute atomic E-state index is 13.3. The molecule has 0 spiro atoms. The van der Waals surface area contributed by atoms with Crippen LogP contribution in [0, 0.1) is 5.92 Å². The summed E-state index contributed by atoms with van der Waals surface area (Å²) in [5, 5.41) is 30.1. The Balaban J connectivity index is 3.22. The topological polar surface area (TPSA) is 123 Å². The molecule has 0 radical (unpaired) electrons. The second kappa shape index (κ2) is 15.6. The van der Waals surface area contributed by atoms with Gasteiger partial charge in [0.05, 0.1) is 19.8 Å². The molecule has 1 aliphatic rings. The quantitative estimate of drug-likeness (QED) is 0.453. The van der Waals surface area contributed by atoms with Crippen molar-refractivity contribution in [3.8, 4) is 0 Å². The van der Waals surface area contributed by atoms with Crippen molar-refractivity contribution in [3.05, 3.63) is 0 Å². The number of methoxy groups -OCH3 is 1. The van der Waals surface area contributed by atoms with Crippen LogP contribution in [0.4, 0.5) is 0 Å². The molecule has 0 saturated carbocycles. The van der Waals surface area contributed by atoms with Crippen LogP contribution in [0.3, 0.4) is 0 Å². The highest BCUT2D eigenvalue weighted by atomic mass is 16.5. The third kappa shape index (κ3) is 10.7. The maximum Gasteiger partial charge on any atom is 0.237 e. The molecule has 10 nitrogen and oxygen atoms in total. The van der Waals surface area contributed by atoms with Crippen LogP contribution >= 0.6 is 0 Å². The summed E-state index contributed by atoms with van der Waals surface area (Å²) in [6.45, 7) is 7.45. The Morgan fingerprint density at radius 1 is 1.21 bits per heavy atom. The molecule has 1 saturated heterocycles. The summed E-state index contributed by atoms with van der Waals surface area (Å²) >= 11 is 0. The van der Waals surface area contributed by atoms with Crippen molar-refractivity contribution in [2.45, 2.75) is 64.4 Å². The molecule has 3 N–H and O–H groups in total. The molecule has 0 aromatic rings. The summed E-state index contributed by atoms with van der Waals surface area (Å²) in [6.07, 6.45) is -1.03. The van der Waals surface area contributed by atoms with Crippen LogP contribution in [0.5, 0.6) is 0 Å². The average molecular weight is 476 g/mol.